The molecule has 0 aromatic heterocycles. The zero-order chi connectivity index (χ0) is 14.1. The number of benzene rings is 2. The first-order valence-corrected chi connectivity index (χ1v) is 7.06. The topological polar surface area (TPSA) is 17.1 Å². The van der Waals surface area contributed by atoms with Gasteiger partial charge in [0.15, 0.2) is 5.78 Å². The molecule has 1 fully saturated rings. The van der Waals surface area contributed by atoms with Crippen LogP contribution in [-0.2, 0) is 0 Å². The molecule has 0 N–H and O–H groups in total. The van der Waals surface area contributed by atoms with Crippen molar-refractivity contribution < 1.29 is 9.18 Å². The summed E-state index contributed by atoms with van der Waals surface area (Å²) in [4.78, 5) is 12.4. The van der Waals surface area contributed by atoms with E-state index >= 15 is 0 Å². The van der Waals surface area contributed by atoms with E-state index < -0.39 is 5.82 Å². The lowest BCUT2D eigenvalue weighted by atomic mass is 9.79. The Kier molecular flexibility index (Phi) is 3.39. The second-order valence-corrected chi connectivity index (χ2v) is 5.57. The summed E-state index contributed by atoms with van der Waals surface area (Å²) in [6.07, 6.45) is 3.64. The Hall–Kier alpha value is -1.96. The molecule has 2 heteroatoms. The predicted molar refractivity (Wildman–Crippen MR) is 77.6 cm³/mol. The highest BCUT2D eigenvalue weighted by atomic mass is 19.1. The lowest BCUT2D eigenvalue weighted by Gasteiger charge is -2.26. The highest BCUT2D eigenvalue weighted by molar-refractivity contribution is 6.09. The van der Waals surface area contributed by atoms with Crippen molar-refractivity contribution in [1.82, 2.24) is 0 Å². The van der Waals surface area contributed by atoms with Crippen LogP contribution in [0, 0.1) is 12.7 Å². The van der Waals surface area contributed by atoms with Crippen LogP contribution in [-0.4, -0.2) is 5.78 Å². The maximum atomic E-state index is 13.9. The standard InChI is InChI=1S/C18H17FO/c1-12-8-9-16(17(19)10-12)18(20)15-7-3-6-14(11-15)13-4-2-5-13/h3,6-11,13H,2,4-5H2,1H3. The van der Waals surface area contributed by atoms with Gasteiger partial charge in [-0.2, -0.15) is 0 Å². The minimum Gasteiger partial charge on any atom is -0.288 e. The molecular weight excluding hydrogens is 251 g/mol. The zero-order valence-corrected chi connectivity index (χ0v) is 11.5. The van der Waals surface area contributed by atoms with Crippen molar-refractivity contribution in [2.75, 3.05) is 0 Å². The molecule has 0 radical (unpaired) electrons. The van der Waals surface area contributed by atoms with Crippen molar-refractivity contribution in [2.24, 2.45) is 0 Å². The van der Waals surface area contributed by atoms with E-state index in [1.807, 2.05) is 19.1 Å². The van der Waals surface area contributed by atoms with E-state index in [0.29, 0.717) is 11.5 Å². The van der Waals surface area contributed by atoms with Gasteiger partial charge < -0.3 is 0 Å². The van der Waals surface area contributed by atoms with Crippen molar-refractivity contribution >= 4 is 5.78 Å². The fourth-order valence-corrected chi connectivity index (χ4v) is 2.64. The molecular formula is C18H17FO. The molecule has 0 spiro atoms. The Morgan fingerprint density at radius 1 is 1.15 bits per heavy atom. The van der Waals surface area contributed by atoms with Gasteiger partial charge in [-0.3, -0.25) is 4.79 Å². The third kappa shape index (κ3) is 2.38. The maximum Gasteiger partial charge on any atom is 0.195 e. The number of carbonyl (C=O) groups is 1. The first-order valence-electron chi connectivity index (χ1n) is 7.06. The number of aryl methyl sites for hydroxylation is 1. The molecule has 0 unspecified atom stereocenters. The van der Waals surface area contributed by atoms with Crippen molar-refractivity contribution in [3.63, 3.8) is 0 Å². The van der Waals surface area contributed by atoms with Gasteiger partial charge in [0, 0.05) is 5.56 Å². The van der Waals surface area contributed by atoms with Crippen LogP contribution in [0.1, 0.15) is 52.2 Å². The third-order valence-corrected chi connectivity index (χ3v) is 4.09. The van der Waals surface area contributed by atoms with E-state index in [9.17, 15) is 9.18 Å². The Bertz CT molecular complexity index is 656. The van der Waals surface area contributed by atoms with E-state index in [2.05, 4.69) is 6.07 Å². The zero-order valence-electron chi connectivity index (χ0n) is 11.5. The minimum atomic E-state index is -0.441. The molecule has 1 aliphatic rings. The molecule has 0 bridgehead atoms. The SMILES string of the molecule is Cc1ccc(C(=O)c2cccc(C3CCC3)c2)c(F)c1. The van der Waals surface area contributed by atoms with Crippen LogP contribution in [0.4, 0.5) is 4.39 Å². The third-order valence-electron chi connectivity index (χ3n) is 4.09. The highest BCUT2D eigenvalue weighted by Crippen LogP contribution is 2.36. The fraction of sp³-hybridized carbons (Fsp3) is 0.278. The number of carbonyl (C=O) groups excluding carboxylic acids is 1. The Labute approximate surface area is 118 Å². The lowest BCUT2D eigenvalue weighted by Crippen LogP contribution is -2.10. The van der Waals surface area contributed by atoms with Gasteiger partial charge in [0.25, 0.3) is 0 Å². The van der Waals surface area contributed by atoms with Crippen molar-refractivity contribution in [3.05, 3.63) is 70.5 Å². The van der Waals surface area contributed by atoms with Crippen LogP contribution in [0.25, 0.3) is 0 Å². The van der Waals surface area contributed by atoms with Crippen molar-refractivity contribution in [1.29, 1.82) is 0 Å². The summed E-state index contributed by atoms with van der Waals surface area (Å²) in [5.41, 5.74) is 2.76. The molecule has 2 aromatic carbocycles. The largest absolute Gasteiger partial charge is 0.288 e. The normalized spacial score (nSPS) is 14.9. The van der Waals surface area contributed by atoms with Gasteiger partial charge in [-0.05, 0) is 55.0 Å². The second-order valence-electron chi connectivity index (χ2n) is 5.57. The lowest BCUT2D eigenvalue weighted by molar-refractivity contribution is 0.103. The molecule has 0 amide bonds. The minimum absolute atomic E-state index is 0.154. The Balaban J connectivity index is 1.93. The van der Waals surface area contributed by atoms with E-state index in [1.54, 1.807) is 18.2 Å². The molecule has 1 aliphatic carbocycles. The van der Waals surface area contributed by atoms with Crippen LogP contribution in [0.2, 0.25) is 0 Å². The molecule has 1 saturated carbocycles. The second kappa shape index (κ2) is 5.20. The molecule has 2 aromatic rings. The van der Waals surface area contributed by atoms with E-state index in [0.717, 1.165) is 5.56 Å². The van der Waals surface area contributed by atoms with Crippen LogP contribution < -0.4 is 0 Å². The molecule has 0 atom stereocenters. The average Bonchev–Trinajstić information content (AvgIpc) is 2.36. The van der Waals surface area contributed by atoms with Gasteiger partial charge in [0.2, 0.25) is 0 Å². The summed E-state index contributed by atoms with van der Waals surface area (Å²) in [6.45, 7) is 1.81. The Morgan fingerprint density at radius 2 is 1.95 bits per heavy atom. The summed E-state index contributed by atoms with van der Waals surface area (Å²) in [6, 6.07) is 12.4. The van der Waals surface area contributed by atoms with Crippen molar-refractivity contribution in [3.8, 4) is 0 Å². The molecule has 102 valence electrons. The smallest absolute Gasteiger partial charge is 0.195 e. The summed E-state index contributed by atoms with van der Waals surface area (Å²) in [7, 11) is 0. The van der Waals surface area contributed by atoms with Gasteiger partial charge in [0.1, 0.15) is 5.82 Å². The van der Waals surface area contributed by atoms with E-state index in [4.69, 9.17) is 0 Å². The number of hydrogen-bond acceptors (Lipinski definition) is 1. The number of hydrogen-bond donors (Lipinski definition) is 0. The van der Waals surface area contributed by atoms with Crippen molar-refractivity contribution in [2.45, 2.75) is 32.1 Å². The highest BCUT2D eigenvalue weighted by Gasteiger charge is 2.21. The van der Waals surface area contributed by atoms with Crippen LogP contribution in [0.15, 0.2) is 42.5 Å². The van der Waals surface area contributed by atoms with E-state index in [1.165, 1.54) is 30.9 Å². The summed E-state index contributed by atoms with van der Waals surface area (Å²) >= 11 is 0. The fourth-order valence-electron chi connectivity index (χ4n) is 2.64. The van der Waals surface area contributed by atoms with Crippen LogP contribution in [0.3, 0.4) is 0 Å². The van der Waals surface area contributed by atoms with Gasteiger partial charge in [0.05, 0.1) is 5.56 Å². The number of halogens is 1. The van der Waals surface area contributed by atoms with Gasteiger partial charge in [-0.15, -0.1) is 0 Å². The molecule has 0 heterocycles. The molecule has 0 saturated heterocycles. The Morgan fingerprint density at radius 3 is 2.60 bits per heavy atom. The average molecular weight is 268 g/mol. The summed E-state index contributed by atoms with van der Waals surface area (Å²) in [5.74, 6) is -0.0988. The quantitative estimate of drug-likeness (QED) is 0.741. The molecule has 3 rings (SSSR count). The van der Waals surface area contributed by atoms with Crippen LogP contribution in [0.5, 0.6) is 0 Å². The number of ketones is 1. The summed E-state index contributed by atoms with van der Waals surface area (Å²) in [5, 5.41) is 0. The van der Waals surface area contributed by atoms with Crippen LogP contribution >= 0.6 is 0 Å². The predicted octanol–water partition coefficient (Wildman–Crippen LogP) is 4.63. The van der Waals surface area contributed by atoms with Gasteiger partial charge >= 0.3 is 0 Å². The first-order chi connectivity index (χ1) is 9.65. The molecule has 0 aliphatic heterocycles. The van der Waals surface area contributed by atoms with Gasteiger partial charge in [-0.1, -0.05) is 30.7 Å². The van der Waals surface area contributed by atoms with E-state index in [-0.39, 0.29) is 11.3 Å². The molecule has 1 nitrogen and oxygen atoms in total. The van der Waals surface area contributed by atoms with Gasteiger partial charge in [-0.25, -0.2) is 4.39 Å². The first kappa shape index (κ1) is 13.0. The summed E-state index contributed by atoms with van der Waals surface area (Å²) < 4.78 is 13.9. The monoisotopic (exact) mass is 268 g/mol. The maximum absolute atomic E-state index is 13.9. The molecule has 20 heavy (non-hydrogen) atoms. The number of rotatable bonds is 3.